The van der Waals surface area contributed by atoms with E-state index in [1.807, 2.05) is 31.4 Å². The summed E-state index contributed by atoms with van der Waals surface area (Å²) in [6.45, 7) is 5.48. The molecule has 0 saturated heterocycles. The zero-order valence-corrected chi connectivity index (χ0v) is 12.6. The fourth-order valence-electron chi connectivity index (χ4n) is 1.84. The Labute approximate surface area is 121 Å². The van der Waals surface area contributed by atoms with E-state index in [-0.39, 0.29) is 12.3 Å². The Morgan fingerprint density at radius 1 is 1.55 bits per heavy atom. The minimum atomic E-state index is -0.896. The SMILES string of the molecule is CC(C)C(C)(Cc1nc(Cc2cccs2)no1)C(=O)O. The van der Waals surface area contributed by atoms with E-state index < -0.39 is 11.4 Å². The monoisotopic (exact) mass is 294 g/mol. The molecule has 0 aromatic carbocycles. The summed E-state index contributed by atoms with van der Waals surface area (Å²) < 4.78 is 5.19. The number of carboxylic acids is 1. The summed E-state index contributed by atoms with van der Waals surface area (Å²) in [5.41, 5.74) is -0.896. The molecule has 6 heteroatoms. The van der Waals surface area contributed by atoms with Crippen LogP contribution < -0.4 is 0 Å². The number of aromatic nitrogens is 2. The molecule has 0 fully saturated rings. The van der Waals surface area contributed by atoms with E-state index >= 15 is 0 Å². The van der Waals surface area contributed by atoms with Crippen LogP contribution in [0.3, 0.4) is 0 Å². The standard InChI is InChI=1S/C14H18N2O3S/c1-9(2)14(3,13(17)18)8-12-15-11(16-19-12)7-10-5-4-6-20-10/h4-6,9H,7-8H2,1-3H3,(H,17,18). The molecule has 1 N–H and O–H groups in total. The molecule has 2 aromatic rings. The molecule has 108 valence electrons. The second-order valence-corrected chi connectivity index (χ2v) is 6.45. The third-order valence-electron chi connectivity index (χ3n) is 3.70. The molecule has 0 aliphatic heterocycles. The molecule has 5 nitrogen and oxygen atoms in total. The predicted octanol–water partition coefficient (Wildman–Crippen LogP) is 3.01. The highest BCUT2D eigenvalue weighted by atomic mass is 32.1. The second-order valence-electron chi connectivity index (χ2n) is 5.41. The molecule has 2 heterocycles. The number of aliphatic carboxylic acids is 1. The van der Waals surface area contributed by atoms with E-state index in [1.54, 1.807) is 18.3 Å². The average Bonchev–Trinajstić information content (AvgIpc) is 3.01. The Hall–Kier alpha value is -1.69. The smallest absolute Gasteiger partial charge is 0.310 e. The van der Waals surface area contributed by atoms with E-state index in [0.717, 1.165) is 4.88 Å². The summed E-state index contributed by atoms with van der Waals surface area (Å²) in [5.74, 6) is 0.118. The molecule has 0 aliphatic carbocycles. The molecular weight excluding hydrogens is 276 g/mol. The molecule has 0 amide bonds. The van der Waals surface area contributed by atoms with Gasteiger partial charge in [0, 0.05) is 17.7 Å². The van der Waals surface area contributed by atoms with Gasteiger partial charge in [-0.2, -0.15) is 4.98 Å². The molecule has 0 aliphatic rings. The lowest BCUT2D eigenvalue weighted by atomic mass is 9.76. The van der Waals surface area contributed by atoms with Gasteiger partial charge in [0.05, 0.1) is 5.41 Å². The van der Waals surface area contributed by atoms with Crippen LogP contribution in [0.25, 0.3) is 0 Å². The number of nitrogens with zero attached hydrogens (tertiary/aromatic N) is 2. The van der Waals surface area contributed by atoms with Crippen molar-refractivity contribution in [3.8, 4) is 0 Å². The molecular formula is C14H18N2O3S. The van der Waals surface area contributed by atoms with Crippen LogP contribution in [-0.2, 0) is 17.6 Å². The third-order valence-corrected chi connectivity index (χ3v) is 4.58. The van der Waals surface area contributed by atoms with Gasteiger partial charge in [-0.05, 0) is 24.3 Å². The van der Waals surface area contributed by atoms with E-state index in [9.17, 15) is 9.90 Å². The van der Waals surface area contributed by atoms with Gasteiger partial charge in [0.1, 0.15) is 0 Å². The zero-order valence-electron chi connectivity index (χ0n) is 11.8. The Morgan fingerprint density at radius 3 is 2.85 bits per heavy atom. The Bertz CT molecular complexity index is 577. The summed E-state index contributed by atoms with van der Waals surface area (Å²) in [4.78, 5) is 16.9. The maximum absolute atomic E-state index is 11.4. The molecule has 2 aromatic heterocycles. The first kappa shape index (κ1) is 14.7. The van der Waals surface area contributed by atoms with Crippen molar-refractivity contribution in [1.82, 2.24) is 10.1 Å². The van der Waals surface area contributed by atoms with Gasteiger partial charge in [-0.3, -0.25) is 4.79 Å². The van der Waals surface area contributed by atoms with Gasteiger partial charge in [-0.1, -0.05) is 25.1 Å². The summed E-state index contributed by atoms with van der Waals surface area (Å²) in [6, 6.07) is 3.98. The van der Waals surface area contributed by atoms with Gasteiger partial charge in [-0.25, -0.2) is 0 Å². The van der Waals surface area contributed by atoms with Crippen molar-refractivity contribution in [3.63, 3.8) is 0 Å². The van der Waals surface area contributed by atoms with E-state index in [4.69, 9.17) is 4.52 Å². The molecule has 1 unspecified atom stereocenters. The van der Waals surface area contributed by atoms with Crippen molar-refractivity contribution >= 4 is 17.3 Å². The first-order chi connectivity index (χ1) is 9.41. The fraction of sp³-hybridized carbons (Fsp3) is 0.500. The molecule has 1 atom stereocenters. The highest BCUT2D eigenvalue weighted by molar-refractivity contribution is 7.09. The van der Waals surface area contributed by atoms with Crippen molar-refractivity contribution in [1.29, 1.82) is 0 Å². The van der Waals surface area contributed by atoms with Crippen molar-refractivity contribution in [2.45, 2.75) is 33.6 Å². The molecule has 0 radical (unpaired) electrons. The van der Waals surface area contributed by atoms with Crippen molar-refractivity contribution in [2.24, 2.45) is 11.3 Å². The van der Waals surface area contributed by atoms with Crippen molar-refractivity contribution in [3.05, 3.63) is 34.1 Å². The zero-order chi connectivity index (χ0) is 14.8. The summed E-state index contributed by atoms with van der Waals surface area (Å²) >= 11 is 1.63. The molecule has 0 saturated carbocycles. The van der Waals surface area contributed by atoms with E-state index in [2.05, 4.69) is 10.1 Å². The predicted molar refractivity (Wildman–Crippen MR) is 75.7 cm³/mol. The van der Waals surface area contributed by atoms with Gasteiger partial charge in [0.15, 0.2) is 5.82 Å². The lowest BCUT2D eigenvalue weighted by Crippen LogP contribution is -2.35. The van der Waals surface area contributed by atoms with Crippen LogP contribution in [0, 0.1) is 11.3 Å². The summed E-state index contributed by atoms with van der Waals surface area (Å²) in [6.07, 6.45) is 0.865. The minimum Gasteiger partial charge on any atom is -0.481 e. The summed E-state index contributed by atoms with van der Waals surface area (Å²) in [7, 11) is 0. The van der Waals surface area contributed by atoms with Crippen LogP contribution >= 0.6 is 11.3 Å². The van der Waals surface area contributed by atoms with Crippen LogP contribution in [0.15, 0.2) is 22.0 Å². The number of carboxylic acid groups (broad SMARTS) is 1. The maximum Gasteiger partial charge on any atom is 0.310 e. The van der Waals surface area contributed by atoms with Gasteiger partial charge in [0.2, 0.25) is 5.89 Å². The van der Waals surface area contributed by atoms with E-state index in [1.165, 1.54) is 0 Å². The maximum atomic E-state index is 11.4. The van der Waals surface area contributed by atoms with Crippen LogP contribution in [0.1, 0.15) is 37.4 Å². The highest BCUT2D eigenvalue weighted by Gasteiger charge is 2.38. The first-order valence-corrected chi connectivity index (χ1v) is 7.37. The minimum absolute atomic E-state index is 0.0207. The third kappa shape index (κ3) is 3.07. The fourth-order valence-corrected chi connectivity index (χ4v) is 2.55. The quantitative estimate of drug-likeness (QED) is 0.886. The lowest BCUT2D eigenvalue weighted by molar-refractivity contribution is -0.150. The molecule has 2 rings (SSSR count). The Balaban J connectivity index is 2.11. The lowest BCUT2D eigenvalue weighted by Gasteiger charge is -2.27. The van der Waals surface area contributed by atoms with Gasteiger partial charge in [0.25, 0.3) is 0 Å². The van der Waals surface area contributed by atoms with Crippen LogP contribution in [0.2, 0.25) is 0 Å². The topological polar surface area (TPSA) is 76.2 Å². The second kappa shape index (κ2) is 5.75. The highest BCUT2D eigenvalue weighted by Crippen LogP contribution is 2.31. The largest absolute Gasteiger partial charge is 0.481 e. The number of carbonyl (C=O) groups is 1. The van der Waals surface area contributed by atoms with Crippen molar-refractivity contribution < 1.29 is 14.4 Å². The average molecular weight is 294 g/mol. The number of hydrogen-bond acceptors (Lipinski definition) is 5. The number of rotatable bonds is 6. The first-order valence-electron chi connectivity index (χ1n) is 6.49. The van der Waals surface area contributed by atoms with Crippen LogP contribution in [0.4, 0.5) is 0 Å². The Kier molecular flexibility index (Phi) is 4.23. The van der Waals surface area contributed by atoms with Crippen LogP contribution in [-0.4, -0.2) is 21.2 Å². The van der Waals surface area contributed by atoms with Gasteiger partial charge < -0.3 is 9.63 Å². The number of thiophene rings is 1. The molecule has 0 spiro atoms. The molecule has 20 heavy (non-hydrogen) atoms. The Morgan fingerprint density at radius 2 is 2.30 bits per heavy atom. The van der Waals surface area contributed by atoms with E-state index in [0.29, 0.717) is 18.1 Å². The van der Waals surface area contributed by atoms with Crippen molar-refractivity contribution in [2.75, 3.05) is 0 Å². The number of hydrogen-bond donors (Lipinski definition) is 1. The van der Waals surface area contributed by atoms with Gasteiger partial charge in [-0.15, -0.1) is 11.3 Å². The van der Waals surface area contributed by atoms with Crippen LogP contribution in [0.5, 0.6) is 0 Å². The van der Waals surface area contributed by atoms with Gasteiger partial charge >= 0.3 is 5.97 Å². The molecule has 0 bridgehead atoms. The summed E-state index contributed by atoms with van der Waals surface area (Å²) in [5, 5.41) is 15.3. The normalized spacial score (nSPS) is 14.4.